The monoisotopic (exact) mass is 381 g/mol. The molecule has 148 valence electrons. The molecule has 1 heterocycles. The van der Waals surface area contributed by atoms with Gasteiger partial charge in [-0.2, -0.15) is 0 Å². The highest BCUT2D eigenvalue weighted by Gasteiger charge is 2.17. The largest absolute Gasteiger partial charge is 0.378 e. The number of hydrogen-bond donors (Lipinski definition) is 2. The molecule has 0 unspecified atom stereocenters. The second-order valence-corrected chi connectivity index (χ2v) is 6.76. The fourth-order valence-corrected chi connectivity index (χ4v) is 3.14. The number of hydrogen-bond acceptors (Lipinski definition) is 4. The summed E-state index contributed by atoms with van der Waals surface area (Å²) in [5.41, 5.74) is 2.69. The molecule has 2 aromatic rings. The van der Waals surface area contributed by atoms with Gasteiger partial charge < -0.3 is 20.3 Å². The Hall–Kier alpha value is -2.86. The second-order valence-electron chi connectivity index (χ2n) is 6.76. The topological polar surface area (TPSA) is 70.7 Å². The molecule has 0 aromatic heterocycles. The number of ether oxygens (including phenoxy) is 1. The lowest BCUT2D eigenvalue weighted by Crippen LogP contribution is -2.36. The van der Waals surface area contributed by atoms with Crippen molar-refractivity contribution in [1.29, 1.82) is 0 Å². The number of rotatable bonds is 7. The van der Waals surface area contributed by atoms with Crippen LogP contribution in [0.3, 0.4) is 0 Å². The van der Waals surface area contributed by atoms with Gasteiger partial charge in [-0.1, -0.05) is 31.5 Å². The van der Waals surface area contributed by atoms with Crippen LogP contribution < -0.4 is 15.5 Å². The third-order valence-corrected chi connectivity index (χ3v) is 4.71. The van der Waals surface area contributed by atoms with Gasteiger partial charge in [0.1, 0.15) is 0 Å². The van der Waals surface area contributed by atoms with Gasteiger partial charge in [0.2, 0.25) is 0 Å². The Bertz CT molecular complexity index is 816. The molecular formula is C22H27N3O3. The number of benzene rings is 2. The highest BCUT2D eigenvalue weighted by atomic mass is 16.5. The fourth-order valence-electron chi connectivity index (χ4n) is 3.14. The van der Waals surface area contributed by atoms with E-state index in [4.69, 9.17) is 4.74 Å². The van der Waals surface area contributed by atoms with Crippen molar-refractivity contribution in [1.82, 2.24) is 5.32 Å². The standard InChI is InChI=1S/C22H27N3O3/c1-2-3-11-23-21(26)17-7-6-8-18(16-17)22(27)24-19-9-4-5-10-20(19)25-12-14-28-15-13-25/h4-10,16H,2-3,11-15H2,1H3,(H,23,26)(H,24,27). The maximum Gasteiger partial charge on any atom is 0.255 e. The zero-order valence-corrected chi connectivity index (χ0v) is 16.2. The summed E-state index contributed by atoms with van der Waals surface area (Å²) in [6, 6.07) is 14.6. The summed E-state index contributed by atoms with van der Waals surface area (Å²) in [5.74, 6) is -0.388. The summed E-state index contributed by atoms with van der Waals surface area (Å²) in [5, 5.41) is 5.87. The number of carbonyl (C=O) groups excluding carboxylic acids is 2. The van der Waals surface area contributed by atoms with Crippen molar-refractivity contribution in [2.45, 2.75) is 19.8 Å². The predicted molar refractivity (Wildman–Crippen MR) is 111 cm³/mol. The summed E-state index contributed by atoms with van der Waals surface area (Å²) in [4.78, 5) is 27.3. The average molecular weight is 381 g/mol. The van der Waals surface area contributed by atoms with E-state index in [9.17, 15) is 9.59 Å². The van der Waals surface area contributed by atoms with Gasteiger partial charge in [-0.3, -0.25) is 9.59 Å². The molecule has 1 aliphatic rings. The molecule has 0 radical (unpaired) electrons. The minimum Gasteiger partial charge on any atom is -0.378 e. The molecule has 3 rings (SSSR count). The predicted octanol–water partition coefficient (Wildman–Crippen LogP) is 3.31. The molecular weight excluding hydrogens is 354 g/mol. The number of nitrogens with one attached hydrogen (secondary N) is 2. The van der Waals surface area contributed by atoms with E-state index in [1.54, 1.807) is 24.3 Å². The Kier molecular flexibility index (Phi) is 7.03. The van der Waals surface area contributed by atoms with Crippen LogP contribution in [-0.4, -0.2) is 44.7 Å². The van der Waals surface area contributed by atoms with Crippen LogP contribution in [0.4, 0.5) is 11.4 Å². The van der Waals surface area contributed by atoms with E-state index in [0.29, 0.717) is 30.9 Å². The van der Waals surface area contributed by atoms with Crippen LogP contribution in [0.25, 0.3) is 0 Å². The molecule has 0 spiro atoms. The van der Waals surface area contributed by atoms with Crippen molar-refractivity contribution in [2.24, 2.45) is 0 Å². The first-order valence-electron chi connectivity index (χ1n) is 9.80. The fraction of sp³-hybridized carbons (Fsp3) is 0.364. The molecule has 6 nitrogen and oxygen atoms in total. The number of unbranched alkanes of at least 4 members (excludes halogenated alkanes) is 1. The van der Waals surface area contributed by atoms with Gasteiger partial charge >= 0.3 is 0 Å². The number of morpholine rings is 1. The summed E-state index contributed by atoms with van der Waals surface area (Å²) in [7, 11) is 0. The molecule has 2 aromatic carbocycles. The second kappa shape index (κ2) is 9.90. The lowest BCUT2D eigenvalue weighted by atomic mass is 10.1. The van der Waals surface area contributed by atoms with Crippen LogP contribution in [-0.2, 0) is 4.74 Å². The molecule has 1 saturated heterocycles. The Balaban J connectivity index is 1.72. The maximum atomic E-state index is 12.8. The van der Waals surface area contributed by atoms with Gasteiger partial charge in [0, 0.05) is 30.8 Å². The van der Waals surface area contributed by atoms with E-state index >= 15 is 0 Å². The smallest absolute Gasteiger partial charge is 0.255 e. The highest BCUT2D eigenvalue weighted by molar-refractivity contribution is 6.07. The van der Waals surface area contributed by atoms with Crippen LogP contribution in [0.1, 0.15) is 40.5 Å². The summed E-state index contributed by atoms with van der Waals surface area (Å²) in [6.07, 6.45) is 1.95. The maximum absolute atomic E-state index is 12.8. The van der Waals surface area contributed by atoms with Crippen molar-refractivity contribution < 1.29 is 14.3 Å². The number of carbonyl (C=O) groups is 2. The van der Waals surface area contributed by atoms with Crippen LogP contribution in [0.15, 0.2) is 48.5 Å². The zero-order chi connectivity index (χ0) is 19.8. The van der Waals surface area contributed by atoms with Crippen molar-refractivity contribution in [3.63, 3.8) is 0 Å². The van der Waals surface area contributed by atoms with Crippen LogP contribution in [0.5, 0.6) is 0 Å². The molecule has 0 saturated carbocycles. The molecule has 0 aliphatic carbocycles. The van der Waals surface area contributed by atoms with E-state index in [0.717, 1.165) is 37.3 Å². The molecule has 6 heteroatoms. The Morgan fingerprint density at radius 2 is 1.71 bits per heavy atom. The molecule has 2 N–H and O–H groups in total. The summed E-state index contributed by atoms with van der Waals surface area (Å²) < 4.78 is 5.42. The molecule has 1 aliphatic heterocycles. The quantitative estimate of drug-likeness (QED) is 0.722. The van der Waals surface area contributed by atoms with Gasteiger partial charge in [-0.25, -0.2) is 0 Å². The SMILES string of the molecule is CCCCNC(=O)c1cccc(C(=O)Nc2ccccc2N2CCOCC2)c1. The van der Waals surface area contributed by atoms with E-state index in [1.165, 1.54) is 0 Å². The van der Waals surface area contributed by atoms with Gasteiger partial charge in [-0.05, 0) is 36.8 Å². The lowest BCUT2D eigenvalue weighted by Gasteiger charge is -2.30. The molecule has 2 amide bonds. The molecule has 1 fully saturated rings. The van der Waals surface area contributed by atoms with E-state index in [1.807, 2.05) is 24.3 Å². The van der Waals surface area contributed by atoms with E-state index in [2.05, 4.69) is 22.5 Å². The molecule has 0 bridgehead atoms. The van der Waals surface area contributed by atoms with Crippen molar-refractivity contribution in [3.05, 3.63) is 59.7 Å². The average Bonchev–Trinajstić information content (AvgIpc) is 2.75. The van der Waals surface area contributed by atoms with Gasteiger partial charge in [0.15, 0.2) is 0 Å². The number of para-hydroxylation sites is 2. The number of amides is 2. The third-order valence-electron chi connectivity index (χ3n) is 4.71. The first-order valence-corrected chi connectivity index (χ1v) is 9.80. The Morgan fingerprint density at radius 3 is 2.46 bits per heavy atom. The molecule has 28 heavy (non-hydrogen) atoms. The number of nitrogens with zero attached hydrogens (tertiary/aromatic N) is 1. The van der Waals surface area contributed by atoms with E-state index in [-0.39, 0.29) is 11.8 Å². The first-order chi connectivity index (χ1) is 13.7. The van der Waals surface area contributed by atoms with Crippen molar-refractivity contribution in [2.75, 3.05) is 43.1 Å². The van der Waals surface area contributed by atoms with Crippen LogP contribution in [0, 0.1) is 0 Å². The van der Waals surface area contributed by atoms with Gasteiger partial charge in [0.25, 0.3) is 11.8 Å². The molecule has 0 atom stereocenters. The Labute approximate surface area is 165 Å². The summed E-state index contributed by atoms with van der Waals surface area (Å²) in [6.45, 7) is 5.65. The van der Waals surface area contributed by atoms with Crippen LogP contribution in [0.2, 0.25) is 0 Å². The summed E-state index contributed by atoms with van der Waals surface area (Å²) >= 11 is 0. The van der Waals surface area contributed by atoms with Gasteiger partial charge in [-0.15, -0.1) is 0 Å². The first kappa shape index (κ1) is 19.9. The van der Waals surface area contributed by atoms with Crippen molar-refractivity contribution >= 4 is 23.2 Å². The Morgan fingerprint density at radius 1 is 1.00 bits per heavy atom. The number of anilines is 2. The van der Waals surface area contributed by atoms with Gasteiger partial charge in [0.05, 0.1) is 24.6 Å². The minimum absolute atomic E-state index is 0.156. The third kappa shape index (κ3) is 5.10. The minimum atomic E-state index is -0.232. The van der Waals surface area contributed by atoms with E-state index < -0.39 is 0 Å². The highest BCUT2D eigenvalue weighted by Crippen LogP contribution is 2.26. The normalized spacial score (nSPS) is 13.8. The van der Waals surface area contributed by atoms with Crippen molar-refractivity contribution in [3.8, 4) is 0 Å². The zero-order valence-electron chi connectivity index (χ0n) is 16.2. The van der Waals surface area contributed by atoms with Crippen LogP contribution >= 0.6 is 0 Å². The lowest BCUT2D eigenvalue weighted by molar-refractivity contribution is 0.0953.